The molecule has 0 aromatic rings. The van der Waals surface area contributed by atoms with Gasteiger partial charge in [0.1, 0.15) is 0 Å². The van der Waals surface area contributed by atoms with Gasteiger partial charge in [-0.15, -0.1) is 0 Å². The molecule has 0 aromatic heterocycles. The van der Waals surface area contributed by atoms with Gasteiger partial charge in [-0.1, -0.05) is 12.8 Å². The Balaban J connectivity index is 1.73. The monoisotopic (exact) mass is 222 g/mol. The van der Waals surface area contributed by atoms with E-state index in [0.29, 0.717) is 12.0 Å². The Morgan fingerprint density at radius 1 is 1.19 bits per heavy atom. The first kappa shape index (κ1) is 11.9. The number of hydrogen-bond donors (Lipinski definition) is 1. The molecule has 3 unspecified atom stereocenters. The highest BCUT2D eigenvalue weighted by Gasteiger charge is 2.25. The van der Waals surface area contributed by atoms with Crippen molar-refractivity contribution in [1.29, 1.82) is 5.26 Å². The van der Waals surface area contributed by atoms with Crippen molar-refractivity contribution in [3.05, 3.63) is 0 Å². The van der Waals surface area contributed by atoms with Crippen LogP contribution >= 0.6 is 0 Å². The van der Waals surface area contributed by atoms with E-state index >= 15 is 0 Å². The normalized spacial score (nSPS) is 35.6. The summed E-state index contributed by atoms with van der Waals surface area (Å²) in [6, 6.07) is 2.88. The third kappa shape index (κ3) is 3.20. The van der Waals surface area contributed by atoms with Crippen molar-refractivity contribution in [3.63, 3.8) is 0 Å². The molecule has 2 fully saturated rings. The smallest absolute Gasteiger partial charge is 0.0672 e. The van der Waals surface area contributed by atoms with Crippen molar-refractivity contribution in [1.82, 2.24) is 5.32 Å². The second-order valence-electron chi connectivity index (χ2n) is 5.12. The lowest BCUT2D eigenvalue weighted by molar-refractivity contribution is 0.0526. The van der Waals surface area contributed by atoms with Crippen LogP contribution in [0.25, 0.3) is 0 Å². The third-order valence-electron chi connectivity index (χ3n) is 3.86. The predicted molar refractivity (Wildman–Crippen MR) is 62.9 cm³/mol. The summed E-state index contributed by atoms with van der Waals surface area (Å²) in [5.74, 6) is 0.897. The van der Waals surface area contributed by atoms with Crippen molar-refractivity contribution in [3.8, 4) is 6.07 Å². The summed E-state index contributed by atoms with van der Waals surface area (Å²) in [5.41, 5.74) is 0. The molecule has 16 heavy (non-hydrogen) atoms. The average molecular weight is 222 g/mol. The van der Waals surface area contributed by atoms with Gasteiger partial charge in [0.05, 0.1) is 18.6 Å². The van der Waals surface area contributed by atoms with Gasteiger partial charge >= 0.3 is 0 Å². The highest BCUT2D eigenvalue weighted by Crippen LogP contribution is 2.24. The molecule has 90 valence electrons. The molecule has 1 saturated carbocycles. The van der Waals surface area contributed by atoms with Crippen LogP contribution in [0.3, 0.4) is 0 Å². The summed E-state index contributed by atoms with van der Waals surface area (Å²) >= 11 is 0. The minimum absolute atomic E-state index is 0.234. The minimum atomic E-state index is 0.234. The molecule has 1 heterocycles. The van der Waals surface area contributed by atoms with E-state index in [1.54, 1.807) is 0 Å². The SMILES string of the molecule is N#CC1CCCCC1NCC1CCCOC1. The molecular weight excluding hydrogens is 200 g/mol. The van der Waals surface area contributed by atoms with Gasteiger partial charge < -0.3 is 10.1 Å². The van der Waals surface area contributed by atoms with Crippen molar-refractivity contribution >= 4 is 0 Å². The number of ether oxygens (including phenoxy) is 1. The maximum Gasteiger partial charge on any atom is 0.0672 e. The van der Waals surface area contributed by atoms with Crippen molar-refractivity contribution in [2.24, 2.45) is 11.8 Å². The first-order valence-corrected chi connectivity index (χ1v) is 6.61. The molecule has 3 nitrogen and oxygen atoms in total. The highest BCUT2D eigenvalue weighted by atomic mass is 16.5. The molecule has 0 spiro atoms. The fourth-order valence-corrected chi connectivity index (χ4v) is 2.82. The van der Waals surface area contributed by atoms with Gasteiger partial charge in [-0.25, -0.2) is 0 Å². The van der Waals surface area contributed by atoms with E-state index in [4.69, 9.17) is 10.00 Å². The molecule has 2 rings (SSSR count). The Hall–Kier alpha value is -0.590. The van der Waals surface area contributed by atoms with Crippen LogP contribution in [0.1, 0.15) is 38.5 Å². The molecule has 3 heteroatoms. The fourth-order valence-electron chi connectivity index (χ4n) is 2.82. The maximum atomic E-state index is 9.08. The Labute approximate surface area is 98.2 Å². The van der Waals surface area contributed by atoms with Crippen LogP contribution in [-0.2, 0) is 4.74 Å². The zero-order valence-electron chi connectivity index (χ0n) is 9.95. The van der Waals surface area contributed by atoms with Crippen molar-refractivity contribution in [2.75, 3.05) is 19.8 Å². The van der Waals surface area contributed by atoms with Gasteiger partial charge in [-0.05, 0) is 31.6 Å². The van der Waals surface area contributed by atoms with Gasteiger partial charge in [0.2, 0.25) is 0 Å². The number of nitrogens with zero attached hydrogens (tertiary/aromatic N) is 1. The zero-order valence-corrected chi connectivity index (χ0v) is 9.95. The van der Waals surface area contributed by atoms with E-state index in [0.717, 1.165) is 26.2 Å². The number of nitrogens with one attached hydrogen (secondary N) is 1. The molecule has 1 N–H and O–H groups in total. The fraction of sp³-hybridized carbons (Fsp3) is 0.923. The maximum absolute atomic E-state index is 9.08. The van der Waals surface area contributed by atoms with E-state index in [1.165, 1.54) is 32.1 Å². The molecular formula is C13H22N2O. The Morgan fingerprint density at radius 2 is 2.06 bits per heavy atom. The molecule has 0 aromatic carbocycles. The Morgan fingerprint density at radius 3 is 2.81 bits per heavy atom. The number of hydrogen-bond acceptors (Lipinski definition) is 3. The van der Waals surface area contributed by atoms with Crippen LogP contribution in [0.5, 0.6) is 0 Å². The van der Waals surface area contributed by atoms with E-state index < -0.39 is 0 Å². The molecule has 1 saturated heterocycles. The molecule has 0 radical (unpaired) electrons. The van der Waals surface area contributed by atoms with E-state index in [-0.39, 0.29) is 5.92 Å². The molecule has 2 aliphatic rings. The van der Waals surface area contributed by atoms with Crippen LogP contribution in [-0.4, -0.2) is 25.8 Å². The van der Waals surface area contributed by atoms with Gasteiger partial charge in [0, 0.05) is 19.2 Å². The second kappa shape index (κ2) is 6.22. The second-order valence-corrected chi connectivity index (χ2v) is 5.12. The van der Waals surface area contributed by atoms with Crippen LogP contribution in [0.4, 0.5) is 0 Å². The average Bonchev–Trinajstić information content (AvgIpc) is 2.38. The van der Waals surface area contributed by atoms with Crippen LogP contribution in [0.2, 0.25) is 0 Å². The van der Waals surface area contributed by atoms with Crippen LogP contribution in [0.15, 0.2) is 0 Å². The minimum Gasteiger partial charge on any atom is -0.381 e. The molecule has 0 bridgehead atoms. The van der Waals surface area contributed by atoms with E-state index in [9.17, 15) is 0 Å². The summed E-state index contributed by atoms with van der Waals surface area (Å²) in [4.78, 5) is 0. The first-order chi connectivity index (χ1) is 7.90. The molecule has 0 amide bonds. The van der Waals surface area contributed by atoms with Gasteiger partial charge in [-0.2, -0.15) is 5.26 Å². The van der Waals surface area contributed by atoms with Gasteiger partial charge in [-0.3, -0.25) is 0 Å². The first-order valence-electron chi connectivity index (χ1n) is 6.61. The largest absolute Gasteiger partial charge is 0.381 e. The summed E-state index contributed by atoms with van der Waals surface area (Å²) in [5, 5.41) is 12.7. The van der Waals surface area contributed by atoms with Crippen molar-refractivity contribution in [2.45, 2.75) is 44.6 Å². The predicted octanol–water partition coefficient (Wildman–Crippen LogP) is 2.08. The van der Waals surface area contributed by atoms with Crippen molar-refractivity contribution < 1.29 is 4.74 Å². The highest BCUT2D eigenvalue weighted by molar-refractivity contribution is 4.94. The lowest BCUT2D eigenvalue weighted by atomic mass is 9.85. The topological polar surface area (TPSA) is 45.0 Å². The molecule has 3 atom stereocenters. The van der Waals surface area contributed by atoms with E-state index in [2.05, 4.69) is 11.4 Å². The van der Waals surface area contributed by atoms with Crippen LogP contribution < -0.4 is 5.32 Å². The summed E-state index contributed by atoms with van der Waals surface area (Å²) in [6.45, 7) is 2.86. The van der Waals surface area contributed by atoms with E-state index in [1.807, 2.05) is 0 Å². The number of nitriles is 1. The summed E-state index contributed by atoms with van der Waals surface area (Å²) in [6.07, 6.45) is 7.22. The Kier molecular flexibility index (Phi) is 4.62. The lowest BCUT2D eigenvalue weighted by Gasteiger charge is -2.30. The summed E-state index contributed by atoms with van der Waals surface area (Å²) in [7, 11) is 0. The van der Waals surface area contributed by atoms with Crippen LogP contribution in [0, 0.1) is 23.2 Å². The number of rotatable bonds is 3. The quantitative estimate of drug-likeness (QED) is 0.795. The standard InChI is InChI=1S/C13H22N2O/c14-8-12-5-1-2-6-13(12)15-9-11-4-3-7-16-10-11/h11-13,15H,1-7,9-10H2. The lowest BCUT2D eigenvalue weighted by Crippen LogP contribution is -2.41. The zero-order chi connectivity index (χ0) is 11.2. The van der Waals surface area contributed by atoms with Gasteiger partial charge in [0.25, 0.3) is 0 Å². The summed E-state index contributed by atoms with van der Waals surface area (Å²) < 4.78 is 5.47. The molecule has 1 aliphatic heterocycles. The van der Waals surface area contributed by atoms with Gasteiger partial charge in [0.15, 0.2) is 0 Å². The third-order valence-corrected chi connectivity index (χ3v) is 3.86. The Bertz CT molecular complexity index is 243. The molecule has 1 aliphatic carbocycles.